The fraction of sp³-hybridized carbons (Fsp3) is 0.125. The highest BCUT2D eigenvalue weighted by molar-refractivity contribution is 7.80. The van der Waals surface area contributed by atoms with Gasteiger partial charge in [0.25, 0.3) is 0 Å². The molecular formula is C16H16ClN3S. The molecule has 0 aliphatic carbocycles. The Labute approximate surface area is 134 Å². The van der Waals surface area contributed by atoms with Gasteiger partial charge in [0.05, 0.1) is 5.71 Å². The molecule has 0 fully saturated rings. The standard InChI is InChI=1S/C16H16ClN3S/c17-14-8-4-7-13(11-14)15(19-20-16(18)21)10-9-12-5-2-1-3-6-12/h1-8,11H,9-10H2,(H3,18,20,21)/b19-15-. The molecule has 2 rings (SSSR count). The summed E-state index contributed by atoms with van der Waals surface area (Å²) in [6.45, 7) is 0. The van der Waals surface area contributed by atoms with Crippen molar-refractivity contribution in [1.82, 2.24) is 5.43 Å². The first-order valence-electron chi connectivity index (χ1n) is 6.57. The Kier molecular flexibility index (Phi) is 5.72. The van der Waals surface area contributed by atoms with Gasteiger partial charge in [-0.15, -0.1) is 0 Å². The molecule has 0 amide bonds. The molecule has 3 nitrogen and oxygen atoms in total. The summed E-state index contributed by atoms with van der Waals surface area (Å²) in [5, 5.41) is 5.12. The molecule has 0 atom stereocenters. The third-order valence-electron chi connectivity index (χ3n) is 2.95. The Hall–Kier alpha value is -1.91. The van der Waals surface area contributed by atoms with Gasteiger partial charge in [-0.25, -0.2) is 0 Å². The van der Waals surface area contributed by atoms with Gasteiger partial charge in [0, 0.05) is 5.02 Å². The minimum absolute atomic E-state index is 0.147. The number of aryl methyl sites for hydroxylation is 1. The zero-order valence-corrected chi connectivity index (χ0v) is 13.0. The molecule has 0 aromatic heterocycles. The minimum atomic E-state index is 0.147. The molecule has 0 bridgehead atoms. The van der Waals surface area contributed by atoms with Crippen LogP contribution in [-0.4, -0.2) is 10.8 Å². The van der Waals surface area contributed by atoms with Crippen molar-refractivity contribution in [2.24, 2.45) is 10.8 Å². The lowest BCUT2D eigenvalue weighted by molar-refractivity contribution is 0.974. The van der Waals surface area contributed by atoms with Crippen molar-refractivity contribution < 1.29 is 0 Å². The van der Waals surface area contributed by atoms with Crippen molar-refractivity contribution >= 4 is 34.6 Å². The van der Waals surface area contributed by atoms with E-state index in [2.05, 4.69) is 22.7 Å². The molecule has 2 aromatic rings. The van der Waals surface area contributed by atoms with Crippen molar-refractivity contribution in [2.75, 3.05) is 0 Å². The number of nitrogens with zero attached hydrogens (tertiary/aromatic N) is 1. The number of rotatable bonds is 5. The maximum atomic E-state index is 6.04. The van der Waals surface area contributed by atoms with Crippen LogP contribution in [-0.2, 0) is 6.42 Å². The van der Waals surface area contributed by atoms with Crippen LogP contribution in [0.25, 0.3) is 0 Å². The minimum Gasteiger partial charge on any atom is -0.375 e. The number of hydrogen-bond acceptors (Lipinski definition) is 2. The maximum absolute atomic E-state index is 6.04. The van der Waals surface area contributed by atoms with E-state index in [-0.39, 0.29) is 5.11 Å². The van der Waals surface area contributed by atoms with Crippen molar-refractivity contribution in [2.45, 2.75) is 12.8 Å². The van der Waals surface area contributed by atoms with E-state index in [0.717, 1.165) is 24.1 Å². The van der Waals surface area contributed by atoms with Crippen LogP contribution in [0.1, 0.15) is 17.5 Å². The lowest BCUT2D eigenvalue weighted by Gasteiger charge is -2.08. The molecule has 2 aromatic carbocycles. The third kappa shape index (κ3) is 5.17. The molecule has 21 heavy (non-hydrogen) atoms. The first-order valence-corrected chi connectivity index (χ1v) is 7.35. The predicted octanol–water partition coefficient (Wildman–Crippen LogP) is 3.51. The topological polar surface area (TPSA) is 50.4 Å². The Bertz CT molecular complexity index is 641. The summed E-state index contributed by atoms with van der Waals surface area (Å²) >= 11 is 10.8. The van der Waals surface area contributed by atoms with E-state index in [4.69, 9.17) is 29.6 Å². The van der Waals surface area contributed by atoms with Gasteiger partial charge in [0.2, 0.25) is 0 Å². The molecule has 0 saturated carbocycles. The third-order valence-corrected chi connectivity index (χ3v) is 3.28. The monoisotopic (exact) mass is 317 g/mol. The van der Waals surface area contributed by atoms with Crippen LogP contribution in [0.2, 0.25) is 5.02 Å². The molecule has 0 unspecified atom stereocenters. The van der Waals surface area contributed by atoms with Crippen LogP contribution < -0.4 is 11.2 Å². The molecule has 0 radical (unpaired) electrons. The van der Waals surface area contributed by atoms with Crippen LogP contribution in [0.5, 0.6) is 0 Å². The fourth-order valence-corrected chi connectivity index (χ4v) is 2.20. The van der Waals surface area contributed by atoms with Gasteiger partial charge in [-0.3, -0.25) is 5.43 Å². The van der Waals surface area contributed by atoms with E-state index in [1.807, 2.05) is 42.5 Å². The summed E-state index contributed by atoms with van der Waals surface area (Å²) in [5.74, 6) is 0. The van der Waals surface area contributed by atoms with Crippen molar-refractivity contribution in [1.29, 1.82) is 0 Å². The molecule has 3 N–H and O–H groups in total. The van der Waals surface area contributed by atoms with Gasteiger partial charge in [0.1, 0.15) is 0 Å². The fourth-order valence-electron chi connectivity index (χ4n) is 1.96. The molecule has 0 aliphatic heterocycles. The highest BCUT2D eigenvalue weighted by Gasteiger charge is 2.06. The summed E-state index contributed by atoms with van der Waals surface area (Å²) in [4.78, 5) is 0. The summed E-state index contributed by atoms with van der Waals surface area (Å²) in [6.07, 6.45) is 1.64. The first kappa shape index (κ1) is 15.5. The average Bonchev–Trinajstić information content (AvgIpc) is 2.48. The molecule has 0 heterocycles. The van der Waals surface area contributed by atoms with E-state index < -0.39 is 0 Å². The van der Waals surface area contributed by atoms with Crippen molar-refractivity contribution in [3.8, 4) is 0 Å². The van der Waals surface area contributed by atoms with Crippen LogP contribution in [0.15, 0.2) is 59.7 Å². The van der Waals surface area contributed by atoms with Gasteiger partial charge in [-0.1, -0.05) is 54.1 Å². The summed E-state index contributed by atoms with van der Waals surface area (Å²) in [7, 11) is 0. The average molecular weight is 318 g/mol. The molecule has 5 heteroatoms. The Morgan fingerprint density at radius 3 is 2.57 bits per heavy atom. The van der Waals surface area contributed by atoms with Gasteiger partial charge in [-0.2, -0.15) is 5.10 Å². The normalized spacial score (nSPS) is 11.2. The number of thiocarbonyl (C=S) groups is 1. The summed E-state index contributed by atoms with van der Waals surface area (Å²) in [6, 6.07) is 17.8. The molecule has 0 saturated heterocycles. The lowest BCUT2D eigenvalue weighted by Crippen LogP contribution is -2.25. The van der Waals surface area contributed by atoms with Crippen molar-refractivity contribution in [3.05, 3.63) is 70.7 Å². The SMILES string of the molecule is NC(=S)N/N=C(/CCc1ccccc1)c1cccc(Cl)c1. The predicted molar refractivity (Wildman–Crippen MR) is 92.7 cm³/mol. The summed E-state index contributed by atoms with van der Waals surface area (Å²) < 4.78 is 0. The van der Waals surface area contributed by atoms with Crippen LogP contribution in [0, 0.1) is 0 Å². The van der Waals surface area contributed by atoms with E-state index in [1.165, 1.54) is 5.56 Å². The zero-order valence-electron chi connectivity index (χ0n) is 11.4. The number of nitrogens with one attached hydrogen (secondary N) is 1. The molecule has 0 aliphatic rings. The van der Waals surface area contributed by atoms with Gasteiger partial charge >= 0.3 is 0 Å². The van der Waals surface area contributed by atoms with Gasteiger partial charge in [-0.05, 0) is 48.3 Å². The van der Waals surface area contributed by atoms with E-state index >= 15 is 0 Å². The lowest BCUT2D eigenvalue weighted by atomic mass is 10.0. The Morgan fingerprint density at radius 2 is 1.90 bits per heavy atom. The molecule has 0 spiro atoms. The second-order valence-electron chi connectivity index (χ2n) is 4.53. The quantitative estimate of drug-likeness (QED) is 0.504. The van der Waals surface area contributed by atoms with E-state index in [0.29, 0.717) is 5.02 Å². The summed E-state index contributed by atoms with van der Waals surface area (Å²) in [5.41, 5.74) is 11.2. The second-order valence-corrected chi connectivity index (χ2v) is 5.41. The number of benzene rings is 2. The van der Waals surface area contributed by atoms with Crippen LogP contribution >= 0.6 is 23.8 Å². The number of halogens is 1. The van der Waals surface area contributed by atoms with E-state index in [9.17, 15) is 0 Å². The smallest absolute Gasteiger partial charge is 0.184 e. The Morgan fingerprint density at radius 1 is 1.14 bits per heavy atom. The van der Waals surface area contributed by atoms with Gasteiger partial charge < -0.3 is 5.73 Å². The second kappa shape index (κ2) is 7.76. The van der Waals surface area contributed by atoms with E-state index in [1.54, 1.807) is 0 Å². The van der Waals surface area contributed by atoms with Crippen LogP contribution in [0.3, 0.4) is 0 Å². The number of hydrazone groups is 1. The number of hydrogen-bond donors (Lipinski definition) is 2. The zero-order chi connectivity index (χ0) is 15.1. The molecular weight excluding hydrogens is 302 g/mol. The van der Waals surface area contributed by atoms with Crippen LogP contribution in [0.4, 0.5) is 0 Å². The largest absolute Gasteiger partial charge is 0.375 e. The van der Waals surface area contributed by atoms with Crippen molar-refractivity contribution in [3.63, 3.8) is 0 Å². The Balaban J connectivity index is 2.16. The first-order chi connectivity index (χ1) is 10.1. The highest BCUT2D eigenvalue weighted by atomic mass is 35.5. The molecule has 108 valence electrons. The maximum Gasteiger partial charge on any atom is 0.184 e. The number of nitrogens with two attached hydrogens (primary N) is 1. The van der Waals surface area contributed by atoms with Gasteiger partial charge in [0.15, 0.2) is 5.11 Å². The highest BCUT2D eigenvalue weighted by Crippen LogP contribution is 2.14.